The van der Waals surface area contributed by atoms with Crippen molar-refractivity contribution in [3.8, 4) is 0 Å². The molecule has 21 heavy (non-hydrogen) atoms. The van der Waals surface area contributed by atoms with Crippen LogP contribution in [0.1, 0.15) is 23.4 Å². The maximum absolute atomic E-state index is 6.45. The zero-order chi connectivity index (χ0) is 14.7. The summed E-state index contributed by atoms with van der Waals surface area (Å²) in [6, 6.07) is 16.2. The lowest BCUT2D eigenvalue weighted by Crippen LogP contribution is -2.06. The lowest BCUT2D eigenvalue weighted by molar-refractivity contribution is 0.516. The topological polar surface area (TPSA) is 26.0 Å². The van der Waals surface area contributed by atoms with E-state index < -0.39 is 0 Å². The Morgan fingerprint density at radius 2 is 1.86 bits per heavy atom. The Kier molecular flexibility index (Phi) is 4.26. The smallest absolute Gasteiger partial charge is 0.196 e. The van der Waals surface area contributed by atoms with Crippen LogP contribution in [-0.2, 0) is 12.8 Å². The summed E-state index contributed by atoms with van der Waals surface area (Å²) in [4.78, 5) is 4.47. The third-order valence-electron chi connectivity index (χ3n) is 3.72. The minimum Gasteiger partial charge on any atom is -0.441 e. The molecule has 0 N–H and O–H groups in total. The number of rotatable bonds is 5. The van der Waals surface area contributed by atoms with E-state index in [0.29, 0.717) is 6.42 Å². The second kappa shape index (κ2) is 6.31. The molecule has 3 aromatic rings. The van der Waals surface area contributed by atoms with Gasteiger partial charge in [-0.1, -0.05) is 36.4 Å². The summed E-state index contributed by atoms with van der Waals surface area (Å²) >= 11 is 6.45. The fourth-order valence-electron chi connectivity index (χ4n) is 2.50. The zero-order valence-corrected chi connectivity index (χ0v) is 12.8. The number of hydrogen-bond acceptors (Lipinski definition) is 2. The van der Waals surface area contributed by atoms with Crippen molar-refractivity contribution in [2.75, 3.05) is 0 Å². The van der Waals surface area contributed by atoms with Gasteiger partial charge in [-0.2, -0.15) is 0 Å². The number of halogens is 1. The Hall–Kier alpha value is -1.80. The van der Waals surface area contributed by atoms with Gasteiger partial charge >= 0.3 is 0 Å². The molecule has 1 unspecified atom stereocenters. The first-order chi connectivity index (χ1) is 10.2. The molecule has 0 saturated heterocycles. The van der Waals surface area contributed by atoms with Crippen molar-refractivity contribution in [2.24, 2.45) is 0 Å². The number of nitrogens with zero attached hydrogens (tertiary/aromatic N) is 1. The third kappa shape index (κ3) is 3.45. The predicted octanol–water partition coefficient (Wildman–Crippen LogP) is 4.92. The van der Waals surface area contributed by atoms with Crippen LogP contribution in [0.3, 0.4) is 0 Å². The number of aromatic nitrogens is 1. The summed E-state index contributed by atoms with van der Waals surface area (Å²) in [6.45, 7) is 2.14. The maximum atomic E-state index is 6.45. The molecule has 0 aliphatic rings. The van der Waals surface area contributed by atoms with Gasteiger partial charge in [0.15, 0.2) is 11.5 Å². The first kappa shape index (κ1) is 14.2. The van der Waals surface area contributed by atoms with Gasteiger partial charge in [0.05, 0.1) is 0 Å². The Labute approximate surface area is 129 Å². The van der Waals surface area contributed by atoms with Gasteiger partial charge in [0, 0.05) is 11.8 Å². The molecule has 0 bridgehead atoms. The van der Waals surface area contributed by atoms with E-state index in [9.17, 15) is 0 Å². The van der Waals surface area contributed by atoms with Crippen LogP contribution >= 0.6 is 11.6 Å². The van der Waals surface area contributed by atoms with Gasteiger partial charge < -0.3 is 4.42 Å². The summed E-state index contributed by atoms with van der Waals surface area (Å²) in [5.41, 5.74) is 4.41. The molecule has 0 spiro atoms. The molecule has 2 nitrogen and oxygen atoms in total. The molecular formula is C18H18ClNO. The molecule has 1 aromatic heterocycles. The number of fused-ring (bicyclic) bond motifs is 1. The fraction of sp³-hybridized carbons (Fsp3) is 0.278. The van der Waals surface area contributed by atoms with Crippen LogP contribution in [0.4, 0.5) is 0 Å². The van der Waals surface area contributed by atoms with Gasteiger partial charge in [-0.3, -0.25) is 0 Å². The van der Waals surface area contributed by atoms with Crippen molar-refractivity contribution in [1.29, 1.82) is 0 Å². The maximum Gasteiger partial charge on any atom is 0.196 e. The van der Waals surface area contributed by atoms with Gasteiger partial charge in [0.25, 0.3) is 0 Å². The largest absolute Gasteiger partial charge is 0.441 e. The molecule has 1 atom stereocenters. The van der Waals surface area contributed by atoms with Crippen molar-refractivity contribution >= 4 is 22.7 Å². The minimum absolute atomic E-state index is 0.0395. The average molecular weight is 300 g/mol. The van der Waals surface area contributed by atoms with E-state index in [-0.39, 0.29) is 5.38 Å². The third-order valence-corrected chi connectivity index (χ3v) is 4.09. The number of benzene rings is 2. The molecule has 0 aliphatic carbocycles. The molecule has 0 amide bonds. The van der Waals surface area contributed by atoms with E-state index in [0.717, 1.165) is 29.8 Å². The Balaban J connectivity index is 1.61. The number of oxazole rings is 1. The number of aryl methyl sites for hydroxylation is 2. The van der Waals surface area contributed by atoms with Crippen LogP contribution in [0.15, 0.2) is 52.9 Å². The van der Waals surface area contributed by atoms with E-state index in [1.54, 1.807) is 0 Å². The van der Waals surface area contributed by atoms with E-state index >= 15 is 0 Å². The molecule has 108 valence electrons. The average Bonchev–Trinajstić information content (AvgIpc) is 2.88. The molecule has 0 aliphatic heterocycles. The molecule has 0 fully saturated rings. The highest BCUT2D eigenvalue weighted by Gasteiger charge is 2.12. The normalized spacial score (nSPS) is 12.7. The zero-order valence-electron chi connectivity index (χ0n) is 12.1. The second-order valence-corrected chi connectivity index (χ2v) is 5.96. The minimum atomic E-state index is 0.0395. The van der Waals surface area contributed by atoms with Gasteiger partial charge in [0.2, 0.25) is 0 Å². The van der Waals surface area contributed by atoms with Gasteiger partial charge in [-0.05, 0) is 43.0 Å². The van der Waals surface area contributed by atoms with Gasteiger partial charge in [-0.15, -0.1) is 11.6 Å². The van der Waals surface area contributed by atoms with Crippen LogP contribution in [0.25, 0.3) is 11.1 Å². The van der Waals surface area contributed by atoms with Crippen LogP contribution in [0, 0.1) is 6.92 Å². The van der Waals surface area contributed by atoms with E-state index in [2.05, 4.69) is 36.2 Å². The van der Waals surface area contributed by atoms with Gasteiger partial charge in [0.1, 0.15) is 5.52 Å². The van der Waals surface area contributed by atoms with Crippen molar-refractivity contribution < 1.29 is 4.42 Å². The summed E-state index contributed by atoms with van der Waals surface area (Å²) in [7, 11) is 0. The molecule has 3 heteroatoms. The van der Waals surface area contributed by atoms with Crippen molar-refractivity contribution in [3.63, 3.8) is 0 Å². The Bertz CT molecular complexity index is 702. The van der Waals surface area contributed by atoms with E-state index in [1.165, 1.54) is 11.1 Å². The molecular weight excluding hydrogens is 282 g/mol. The van der Waals surface area contributed by atoms with Crippen LogP contribution < -0.4 is 0 Å². The molecule has 3 rings (SSSR count). The van der Waals surface area contributed by atoms with Crippen LogP contribution in [0.2, 0.25) is 0 Å². The molecule has 0 radical (unpaired) electrons. The van der Waals surface area contributed by atoms with Crippen molar-refractivity contribution in [2.45, 2.75) is 31.6 Å². The standard InChI is InChI=1S/C18H18ClNO/c1-13-6-2-3-7-14(13)10-11-15(19)12-18-20-16-8-4-5-9-17(16)21-18/h2-9,15H,10-12H2,1H3. The highest BCUT2D eigenvalue weighted by atomic mass is 35.5. The highest BCUT2D eigenvalue weighted by Crippen LogP contribution is 2.20. The summed E-state index contributed by atoms with van der Waals surface area (Å²) in [6.07, 6.45) is 2.58. The lowest BCUT2D eigenvalue weighted by atomic mass is 10.0. The first-order valence-electron chi connectivity index (χ1n) is 7.25. The highest BCUT2D eigenvalue weighted by molar-refractivity contribution is 6.20. The van der Waals surface area contributed by atoms with Crippen LogP contribution in [0.5, 0.6) is 0 Å². The fourth-order valence-corrected chi connectivity index (χ4v) is 2.74. The Morgan fingerprint density at radius 1 is 1.10 bits per heavy atom. The quantitative estimate of drug-likeness (QED) is 0.625. The molecule has 0 saturated carbocycles. The Morgan fingerprint density at radius 3 is 2.67 bits per heavy atom. The predicted molar refractivity (Wildman–Crippen MR) is 86.9 cm³/mol. The monoisotopic (exact) mass is 299 g/mol. The summed E-state index contributed by atoms with van der Waals surface area (Å²) in [5, 5.41) is 0.0395. The molecule has 2 aromatic carbocycles. The molecule has 1 heterocycles. The number of hydrogen-bond donors (Lipinski definition) is 0. The number of alkyl halides is 1. The lowest BCUT2D eigenvalue weighted by Gasteiger charge is -2.09. The second-order valence-electron chi connectivity index (χ2n) is 5.34. The summed E-state index contributed by atoms with van der Waals surface area (Å²) < 4.78 is 5.72. The van der Waals surface area contributed by atoms with E-state index in [1.807, 2.05) is 24.3 Å². The summed E-state index contributed by atoms with van der Waals surface area (Å²) in [5.74, 6) is 0.723. The number of para-hydroxylation sites is 2. The van der Waals surface area contributed by atoms with Crippen molar-refractivity contribution in [1.82, 2.24) is 4.98 Å². The SMILES string of the molecule is Cc1ccccc1CCC(Cl)Cc1nc2ccccc2o1. The van der Waals surface area contributed by atoms with Gasteiger partial charge in [-0.25, -0.2) is 4.98 Å². The first-order valence-corrected chi connectivity index (χ1v) is 7.69. The van der Waals surface area contributed by atoms with Crippen molar-refractivity contribution in [3.05, 3.63) is 65.5 Å². The van der Waals surface area contributed by atoms with Crippen LogP contribution in [-0.4, -0.2) is 10.4 Å². The van der Waals surface area contributed by atoms with E-state index in [4.69, 9.17) is 16.0 Å².